The van der Waals surface area contributed by atoms with E-state index in [1.54, 1.807) is 6.92 Å². The number of nitrogens with zero attached hydrogens (tertiary/aromatic N) is 2. The molecule has 6 nitrogen and oxygen atoms in total. The molecule has 118 valence electrons. The summed E-state index contributed by atoms with van der Waals surface area (Å²) >= 11 is 12.6. The topological polar surface area (TPSA) is 112 Å². The maximum atomic E-state index is 12.1. The van der Waals surface area contributed by atoms with Crippen molar-refractivity contribution in [3.05, 3.63) is 43.7 Å². The number of carbonyl (C=O) groups is 1. The largest absolute Gasteiger partial charge is 0.506 e. The lowest BCUT2D eigenvalue weighted by molar-refractivity contribution is 0.0958. The van der Waals surface area contributed by atoms with Crippen molar-refractivity contribution in [1.29, 1.82) is 5.26 Å². The molecule has 0 aliphatic rings. The fourth-order valence-electron chi connectivity index (χ4n) is 1.79. The van der Waals surface area contributed by atoms with E-state index in [1.165, 1.54) is 18.3 Å². The predicted molar refractivity (Wildman–Crippen MR) is 91.4 cm³/mol. The standard InChI is InChI=1S/C14H10Cl2N4O2S/c1-6-9(4-17)13(18)23-12(6)14(22)20-19-5-7-2-8(15)3-10(16)11(7)21/h2-3,5,21H,18H2,1H3,(H,20,22). The quantitative estimate of drug-likeness (QED) is 0.569. The molecule has 1 amide bonds. The number of phenols is 1. The minimum Gasteiger partial charge on any atom is -0.506 e. The lowest BCUT2D eigenvalue weighted by Gasteiger charge is -2.02. The van der Waals surface area contributed by atoms with Gasteiger partial charge in [-0.3, -0.25) is 4.79 Å². The van der Waals surface area contributed by atoms with Gasteiger partial charge in [-0.05, 0) is 24.6 Å². The van der Waals surface area contributed by atoms with Gasteiger partial charge in [-0.1, -0.05) is 23.2 Å². The molecule has 0 radical (unpaired) electrons. The molecule has 0 saturated heterocycles. The number of hydrazone groups is 1. The van der Waals surface area contributed by atoms with Crippen LogP contribution in [-0.2, 0) is 0 Å². The van der Waals surface area contributed by atoms with Crippen molar-refractivity contribution in [2.45, 2.75) is 6.92 Å². The number of carbonyl (C=O) groups excluding carboxylic acids is 1. The smallest absolute Gasteiger partial charge is 0.281 e. The number of thiophene rings is 1. The lowest BCUT2D eigenvalue weighted by atomic mass is 10.2. The van der Waals surface area contributed by atoms with Gasteiger partial charge in [-0.15, -0.1) is 11.3 Å². The number of hydrogen-bond acceptors (Lipinski definition) is 6. The summed E-state index contributed by atoms with van der Waals surface area (Å²) in [6.45, 7) is 1.63. The van der Waals surface area contributed by atoms with Gasteiger partial charge in [-0.2, -0.15) is 10.4 Å². The highest BCUT2D eigenvalue weighted by molar-refractivity contribution is 7.18. The first-order valence-corrected chi connectivity index (χ1v) is 7.72. The third-order valence-corrected chi connectivity index (χ3v) is 4.55. The number of nitriles is 1. The van der Waals surface area contributed by atoms with Crippen LogP contribution in [0.5, 0.6) is 5.75 Å². The van der Waals surface area contributed by atoms with Gasteiger partial charge < -0.3 is 10.8 Å². The van der Waals surface area contributed by atoms with E-state index in [4.69, 9.17) is 34.2 Å². The Hall–Kier alpha value is -2.27. The summed E-state index contributed by atoms with van der Waals surface area (Å²) in [7, 11) is 0. The fraction of sp³-hybridized carbons (Fsp3) is 0.0714. The fourth-order valence-corrected chi connectivity index (χ4v) is 3.21. The van der Waals surface area contributed by atoms with Crippen molar-refractivity contribution < 1.29 is 9.90 Å². The summed E-state index contributed by atoms with van der Waals surface area (Å²) in [5.74, 6) is -0.707. The van der Waals surface area contributed by atoms with Gasteiger partial charge in [0.1, 0.15) is 21.7 Å². The maximum Gasteiger partial charge on any atom is 0.281 e. The average molecular weight is 369 g/mol. The first-order chi connectivity index (χ1) is 10.8. The van der Waals surface area contributed by atoms with Crippen molar-refractivity contribution in [1.82, 2.24) is 5.43 Å². The summed E-state index contributed by atoms with van der Waals surface area (Å²) in [5, 5.41) is 23.2. The minimum atomic E-state index is -0.510. The van der Waals surface area contributed by atoms with Gasteiger partial charge in [-0.25, -0.2) is 5.43 Å². The van der Waals surface area contributed by atoms with Crippen molar-refractivity contribution >= 4 is 51.7 Å². The molecule has 2 aromatic rings. The van der Waals surface area contributed by atoms with Crippen LogP contribution in [0.3, 0.4) is 0 Å². The summed E-state index contributed by atoms with van der Waals surface area (Å²) in [5.41, 5.74) is 9.01. The van der Waals surface area contributed by atoms with Crippen molar-refractivity contribution in [2.24, 2.45) is 5.10 Å². The summed E-state index contributed by atoms with van der Waals surface area (Å²) in [6, 6.07) is 4.77. The van der Waals surface area contributed by atoms with E-state index in [-0.39, 0.29) is 26.9 Å². The van der Waals surface area contributed by atoms with Crippen LogP contribution in [0.25, 0.3) is 0 Å². The number of nitrogens with one attached hydrogen (secondary N) is 1. The maximum absolute atomic E-state index is 12.1. The number of amides is 1. The second-order valence-electron chi connectivity index (χ2n) is 4.43. The van der Waals surface area contributed by atoms with E-state index in [9.17, 15) is 9.90 Å². The number of rotatable bonds is 3. The molecule has 0 bridgehead atoms. The van der Waals surface area contributed by atoms with Gasteiger partial charge in [0.05, 0.1) is 16.8 Å². The minimum absolute atomic E-state index is 0.0748. The van der Waals surface area contributed by atoms with E-state index in [2.05, 4.69) is 10.5 Å². The number of benzene rings is 1. The molecule has 9 heteroatoms. The Labute approximate surface area is 145 Å². The Kier molecular flexibility index (Phi) is 5.11. The van der Waals surface area contributed by atoms with Gasteiger partial charge in [0, 0.05) is 10.6 Å². The molecular formula is C14H10Cl2N4O2S. The zero-order chi connectivity index (χ0) is 17.1. The van der Waals surface area contributed by atoms with E-state index in [0.717, 1.165) is 11.3 Å². The van der Waals surface area contributed by atoms with E-state index in [0.29, 0.717) is 15.5 Å². The molecule has 0 aliphatic carbocycles. The predicted octanol–water partition coefficient (Wildman–Crippen LogP) is 3.29. The van der Waals surface area contributed by atoms with Gasteiger partial charge in [0.25, 0.3) is 5.91 Å². The van der Waals surface area contributed by atoms with Crippen molar-refractivity contribution in [3.63, 3.8) is 0 Å². The molecular weight excluding hydrogens is 359 g/mol. The van der Waals surface area contributed by atoms with Crippen LogP contribution in [0.1, 0.15) is 26.4 Å². The highest BCUT2D eigenvalue weighted by atomic mass is 35.5. The monoisotopic (exact) mass is 368 g/mol. The molecule has 0 unspecified atom stereocenters. The van der Waals surface area contributed by atoms with Crippen LogP contribution >= 0.6 is 34.5 Å². The van der Waals surface area contributed by atoms with Crippen LogP contribution in [0.15, 0.2) is 17.2 Å². The van der Waals surface area contributed by atoms with Crippen molar-refractivity contribution in [2.75, 3.05) is 5.73 Å². The number of halogens is 2. The molecule has 0 aliphatic heterocycles. The third kappa shape index (κ3) is 3.56. The first kappa shape index (κ1) is 17.1. The Balaban J connectivity index is 2.19. The summed E-state index contributed by atoms with van der Waals surface area (Å²) in [4.78, 5) is 12.4. The highest BCUT2D eigenvalue weighted by Crippen LogP contribution is 2.30. The van der Waals surface area contributed by atoms with E-state index in [1.807, 2.05) is 6.07 Å². The van der Waals surface area contributed by atoms with Gasteiger partial charge in [0.2, 0.25) is 0 Å². The second kappa shape index (κ2) is 6.87. The van der Waals surface area contributed by atoms with Crippen LogP contribution < -0.4 is 11.2 Å². The molecule has 0 atom stereocenters. The zero-order valence-corrected chi connectivity index (χ0v) is 14.1. The molecule has 1 aromatic heterocycles. The van der Waals surface area contributed by atoms with E-state index < -0.39 is 5.91 Å². The number of hydrogen-bond donors (Lipinski definition) is 3. The van der Waals surface area contributed by atoms with Crippen LogP contribution in [0, 0.1) is 18.3 Å². The first-order valence-electron chi connectivity index (χ1n) is 6.15. The van der Waals surface area contributed by atoms with Crippen molar-refractivity contribution in [3.8, 4) is 11.8 Å². The number of aromatic hydroxyl groups is 1. The van der Waals surface area contributed by atoms with Crippen LogP contribution in [0.2, 0.25) is 10.0 Å². The molecule has 23 heavy (non-hydrogen) atoms. The number of phenolic OH excluding ortho intramolecular Hbond substituents is 1. The molecule has 0 saturated carbocycles. The SMILES string of the molecule is Cc1c(C(=O)NN=Cc2cc(Cl)cc(Cl)c2O)sc(N)c1C#N. The normalized spacial score (nSPS) is 10.7. The Morgan fingerprint density at radius 1 is 1.52 bits per heavy atom. The average Bonchev–Trinajstić information content (AvgIpc) is 2.78. The molecule has 4 N–H and O–H groups in total. The van der Waals surface area contributed by atoms with Gasteiger partial charge >= 0.3 is 0 Å². The molecule has 1 heterocycles. The van der Waals surface area contributed by atoms with Gasteiger partial charge in [0.15, 0.2) is 0 Å². The number of anilines is 1. The molecule has 1 aromatic carbocycles. The molecule has 0 fully saturated rings. The number of nitrogen functional groups attached to an aromatic ring is 1. The van der Waals surface area contributed by atoms with Crippen LogP contribution in [-0.4, -0.2) is 17.2 Å². The molecule has 0 spiro atoms. The Bertz CT molecular complexity index is 855. The van der Waals surface area contributed by atoms with E-state index >= 15 is 0 Å². The zero-order valence-electron chi connectivity index (χ0n) is 11.7. The summed E-state index contributed by atoms with van der Waals surface area (Å²) in [6.07, 6.45) is 1.21. The highest BCUT2D eigenvalue weighted by Gasteiger charge is 2.18. The second-order valence-corrected chi connectivity index (χ2v) is 6.33. The number of nitrogens with two attached hydrogens (primary N) is 1. The van der Waals surface area contributed by atoms with Crippen LogP contribution in [0.4, 0.5) is 5.00 Å². The Morgan fingerprint density at radius 2 is 2.22 bits per heavy atom. The Morgan fingerprint density at radius 3 is 2.83 bits per heavy atom. The molecule has 2 rings (SSSR count). The summed E-state index contributed by atoms with van der Waals surface area (Å²) < 4.78 is 0. The lowest BCUT2D eigenvalue weighted by Crippen LogP contribution is -2.17. The third-order valence-electron chi connectivity index (χ3n) is 2.92.